The van der Waals surface area contributed by atoms with E-state index in [9.17, 15) is 0 Å². The topological polar surface area (TPSA) is 36.9 Å². The molecule has 0 bridgehead atoms. The van der Waals surface area contributed by atoms with E-state index in [0.717, 1.165) is 25.6 Å². The molecular weight excluding hydrogens is 232 g/mol. The second kappa shape index (κ2) is 6.19. The van der Waals surface area contributed by atoms with E-state index in [4.69, 9.17) is 12.2 Å². The van der Waals surface area contributed by atoms with E-state index in [1.807, 2.05) is 0 Å². The molecule has 0 radical (unpaired) electrons. The van der Waals surface area contributed by atoms with E-state index in [0.29, 0.717) is 16.6 Å². The Morgan fingerprint density at radius 3 is 2.18 bits per heavy atom. The molecule has 0 aliphatic carbocycles. The molecule has 0 saturated carbocycles. The van der Waals surface area contributed by atoms with Crippen LogP contribution in [0.4, 0.5) is 5.95 Å². The summed E-state index contributed by atoms with van der Waals surface area (Å²) in [5, 5.41) is 7.25. The monoisotopic (exact) mass is 256 g/mol. The van der Waals surface area contributed by atoms with Crippen LogP contribution in [0.15, 0.2) is 0 Å². The number of hydrogen-bond donors (Lipinski definition) is 1. The van der Waals surface area contributed by atoms with Crippen LogP contribution in [0, 0.1) is 16.6 Å². The van der Waals surface area contributed by atoms with Gasteiger partial charge in [0.05, 0.1) is 0 Å². The first kappa shape index (κ1) is 14.2. The molecule has 98 valence electrons. The van der Waals surface area contributed by atoms with Crippen molar-refractivity contribution in [2.45, 2.75) is 41.2 Å². The number of aromatic nitrogens is 3. The van der Waals surface area contributed by atoms with Crippen molar-refractivity contribution in [3.05, 3.63) is 4.77 Å². The zero-order chi connectivity index (χ0) is 13.0. The fraction of sp³-hybridized carbons (Fsp3) is 0.833. The third kappa shape index (κ3) is 3.84. The third-order valence-electron chi connectivity index (χ3n) is 2.51. The normalized spacial score (nSPS) is 11.5. The Kier molecular flexibility index (Phi) is 5.18. The first-order valence-electron chi connectivity index (χ1n) is 6.35. The summed E-state index contributed by atoms with van der Waals surface area (Å²) >= 11 is 5.24. The average molecular weight is 256 g/mol. The highest BCUT2D eigenvalue weighted by Crippen LogP contribution is 2.15. The molecule has 0 atom stereocenters. The van der Waals surface area contributed by atoms with Gasteiger partial charge in [-0.05, 0) is 31.0 Å². The maximum atomic E-state index is 5.24. The van der Waals surface area contributed by atoms with Gasteiger partial charge in [-0.15, -0.1) is 5.10 Å². The Hall–Kier alpha value is -0.840. The van der Waals surface area contributed by atoms with Crippen molar-refractivity contribution in [2.24, 2.45) is 11.8 Å². The highest BCUT2D eigenvalue weighted by Gasteiger charge is 2.16. The number of H-pyrrole nitrogens is 1. The van der Waals surface area contributed by atoms with Crippen LogP contribution < -0.4 is 4.90 Å². The Labute approximate surface area is 109 Å². The molecular formula is C12H24N4S. The lowest BCUT2D eigenvalue weighted by Crippen LogP contribution is -2.33. The van der Waals surface area contributed by atoms with Gasteiger partial charge in [-0.3, -0.25) is 4.57 Å². The minimum Gasteiger partial charge on any atom is -0.340 e. The van der Waals surface area contributed by atoms with Gasteiger partial charge in [0.25, 0.3) is 0 Å². The zero-order valence-electron chi connectivity index (χ0n) is 11.5. The van der Waals surface area contributed by atoms with Crippen molar-refractivity contribution >= 4 is 18.2 Å². The van der Waals surface area contributed by atoms with Crippen molar-refractivity contribution in [3.8, 4) is 0 Å². The van der Waals surface area contributed by atoms with Gasteiger partial charge in [0.2, 0.25) is 5.95 Å². The van der Waals surface area contributed by atoms with Crippen molar-refractivity contribution < 1.29 is 0 Å². The van der Waals surface area contributed by atoms with E-state index in [-0.39, 0.29) is 0 Å². The number of anilines is 1. The van der Waals surface area contributed by atoms with Gasteiger partial charge in [-0.25, -0.2) is 5.10 Å². The summed E-state index contributed by atoms with van der Waals surface area (Å²) in [6.07, 6.45) is 0. The van der Waals surface area contributed by atoms with Gasteiger partial charge in [-0.1, -0.05) is 27.7 Å². The van der Waals surface area contributed by atoms with Gasteiger partial charge < -0.3 is 4.90 Å². The fourth-order valence-corrected chi connectivity index (χ4v) is 2.21. The van der Waals surface area contributed by atoms with Crippen LogP contribution in [0.2, 0.25) is 0 Å². The van der Waals surface area contributed by atoms with Gasteiger partial charge in [0.15, 0.2) is 4.77 Å². The van der Waals surface area contributed by atoms with E-state index in [1.54, 1.807) is 0 Å². The van der Waals surface area contributed by atoms with Crippen LogP contribution in [0.1, 0.15) is 34.6 Å². The summed E-state index contributed by atoms with van der Waals surface area (Å²) in [6.45, 7) is 13.9. The lowest BCUT2D eigenvalue weighted by molar-refractivity contribution is 0.534. The molecule has 5 heteroatoms. The second-order valence-corrected chi connectivity index (χ2v) is 5.65. The standard InChI is InChI=1S/C12H24N4S/c1-6-16-11(13-14-12(16)17)15(7-9(2)3)8-10(4)5/h9-10H,6-8H2,1-5H3,(H,14,17). The van der Waals surface area contributed by atoms with Gasteiger partial charge >= 0.3 is 0 Å². The molecule has 0 aliphatic heterocycles. The molecule has 0 fully saturated rings. The van der Waals surface area contributed by atoms with Crippen molar-refractivity contribution in [3.63, 3.8) is 0 Å². The zero-order valence-corrected chi connectivity index (χ0v) is 12.3. The lowest BCUT2D eigenvalue weighted by atomic mass is 10.1. The molecule has 0 amide bonds. The van der Waals surface area contributed by atoms with Crippen LogP contribution in [-0.2, 0) is 6.54 Å². The molecule has 4 nitrogen and oxygen atoms in total. The molecule has 1 N–H and O–H groups in total. The minimum absolute atomic E-state index is 0.615. The Morgan fingerprint density at radius 2 is 1.76 bits per heavy atom. The molecule has 0 saturated heterocycles. The second-order valence-electron chi connectivity index (χ2n) is 5.27. The van der Waals surface area contributed by atoms with E-state index in [1.165, 1.54) is 0 Å². The number of nitrogens with one attached hydrogen (secondary N) is 1. The van der Waals surface area contributed by atoms with Crippen LogP contribution in [0.3, 0.4) is 0 Å². The number of aromatic amines is 1. The summed E-state index contributed by atoms with van der Waals surface area (Å²) in [6, 6.07) is 0. The smallest absolute Gasteiger partial charge is 0.225 e. The minimum atomic E-state index is 0.615. The van der Waals surface area contributed by atoms with Gasteiger partial charge in [-0.2, -0.15) is 0 Å². The molecule has 1 aromatic rings. The Balaban J connectivity index is 2.98. The molecule has 1 heterocycles. The summed E-state index contributed by atoms with van der Waals surface area (Å²) < 4.78 is 2.76. The molecule has 1 rings (SSSR count). The molecule has 1 aromatic heterocycles. The van der Waals surface area contributed by atoms with E-state index in [2.05, 4.69) is 54.3 Å². The predicted molar refractivity (Wildman–Crippen MR) is 75.0 cm³/mol. The predicted octanol–water partition coefficient (Wildman–Crippen LogP) is 3.08. The van der Waals surface area contributed by atoms with Crippen LogP contribution in [0.5, 0.6) is 0 Å². The number of nitrogens with zero attached hydrogens (tertiary/aromatic N) is 3. The summed E-state index contributed by atoms with van der Waals surface area (Å²) in [4.78, 5) is 2.32. The van der Waals surface area contributed by atoms with Crippen LogP contribution in [0.25, 0.3) is 0 Å². The van der Waals surface area contributed by atoms with Crippen LogP contribution >= 0.6 is 12.2 Å². The number of rotatable bonds is 6. The Morgan fingerprint density at radius 1 is 1.24 bits per heavy atom. The largest absolute Gasteiger partial charge is 0.340 e. The van der Waals surface area contributed by atoms with Crippen molar-refractivity contribution in [1.29, 1.82) is 0 Å². The third-order valence-corrected chi connectivity index (χ3v) is 2.82. The molecule has 0 spiro atoms. The Bertz CT molecular complexity index is 381. The van der Waals surface area contributed by atoms with E-state index < -0.39 is 0 Å². The van der Waals surface area contributed by atoms with Gasteiger partial charge in [0.1, 0.15) is 0 Å². The maximum absolute atomic E-state index is 5.24. The molecule has 0 aromatic carbocycles. The summed E-state index contributed by atoms with van der Waals surface area (Å²) in [5.74, 6) is 2.20. The van der Waals surface area contributed by atoms with Crippen molar-refractivity contribution in [2.75, 3.05) is 18.0 Å². The maximum Gasteiger partial charge on any atom is 0.225 e. The first-order valence-corrected chi connectivity index (χ1v) is 6.76. The molecule has 0 aliphatic rings. The van der Waals surface area contributed by atoms with Crippen LogP contribution in [-0.4, -0.2) is 27.9 Å². The molecule has 0 unspecified atom stereocenters. The van der Waals surface area contributed by atoms with Gasteiger partial charge in [0, 0.05) is 19.6 Å². The summed E-state index contributed by atoms with van der Waals surface area (Å²) in [5.41, 5.74) is 0. The summed E-state index contributed by atoms with van der Waals surface area (Å²) in [7, 11) is 0. The first-order chi connectivity index (χ1) is 7.95. The lowest BCUT2D eigenvalue weighted by Gasteiger charge is -2.27. The fourth-order valence-electron chi connectivity index (χ4n) is 1.96. The SMILES string of the molecule is CCn1c(N(CC(C)C)CC(C)C)n[nH]c1=S. The number of hydrogen-bond acceptors (Lipinski definition) is 3. The highest BCUT2D eigenvalue weighted by molar-refractivity contribution is 7.71. The average Bonchev–Trinajstić information content (AvgIpc) is 2.56. The van der Waals surface area contributed by atoms with E-state index >= 15 is 0 Å². The molecule has 17 heavy (non-hydrogen) atoms. The van der Waals surface area contributed by atoms with Crippen molar-refractivity contribution in [1.82, 2.24) is 14.8 Å². The quantitative estimate of drug-likeness (QED) is 0.795. The highest BCUT2D eigenvalue weighted by atomic mass is 32.1.